The fraction of sp³-hybridized carbons (Fsp3) is 0.500. The Kier molecular flexibility index (Phi) is 3.56. The van der Waals surface area contributed by atoms with Crippen LogP contribution in [0.15, 0.2) is 6.33 Å². The SMILES string of the molecule is CCCNC(=O)c1c(C)ncnc1C. The van der Waals surface area contributed by atoms with Crippen molar-refractivity contribution >= 4 is 5.91 Å². The van der Waals surface area contributed by atoms with Crippen molar-refractivity contribution in [3.8, 4) is 0 Å². The monoisotopic (exact) mass is 193 g/mol. The van der Waals surface area contributed by atoms with Gasteiger partial charge in [0.2, 0.25) is 0 Å². The number of aromatic nitrogens is 2. The van der Waals surface area contributed by atoms with Crippen molar-refractivity contribution in [2.24, 2.45) is 0 Å². The number of nitrogens with zero attached hydrogens (tertiary/aromatic N) is 2. The number of nitrogens with one attached hydrogen (secondary N) is 1. The average molecular weight is 193 g/mol. The fourth-order valence-electron chi connectivity index (χ4n) is 1.25. The van der Waals surface area contributed by atoms with Crippen LogP contribution in [0.2, 0.25) is 0 Å². The summed E-state index contributed by atoms with van der Waals surface area (Å²) in [5, 5.41) is 2.81. The standard InChI is InChI=1S/C10H15N3O/c1-4-5-11-10(14)9-7(2)12-6-13-8(9)3/h6H,4-5H2,1-3H3,(H,11,14). The van der Waals surface area contributed by atoms with Crippen LogP contribution in [0.5, 0.6) is 0 Å². The molecule has 0 saturated heterocycles. The summed E-state index contributed by atoms with van der Waals surface area (Å²) in [5.74, 6) is -0.0811. The van der Waals surface area contributed by atoms with E-state index in [0.717, 1.165) is 17.8 Å². The fourth-order valence-corrected chi connectivity index (χ4v) is 1.25. The number of carbonyl (C=O) groups excluding carboxylic acids is 1. The number of hydrogen-bond donors (Lipinski definition) is 1. The highest BCUT2D eigenvalue weighted by atomic mass is 16.1. The molecule has 1 N–H and O–H groups in total. The molecule has 0 atom stereocenters. The van der Waals surface area contributed by atoms with Gasteiger partial charge in [0.1, 0.15) is 6.33 Å². The van der Waals surface area contributed by atoms with Gasteiger partial charge < -0.3 is 5.32 Å². The van der Waals surface area contributed by atoms with Crippen molar-refractivity contribution in [2.45, 2.75) is 27.2 Å². The molecular weight excluding hydrogens is 178 g/mol. The predicted molar refractivity (Wildman–Crippen MR) is 54.1 cm³/mol. The third-order valence-corrected chi connectivity index (χ3v) is 1.99. The van der Waals surface area contributed by atoms with Crippen LogP contribution in [0.25, 0.3) is 0 Å². The minimum absolute atomic E-state index is 0.0811. The summed E-state index contributed by atoms with van der Waals surface area (Å²) in [6.07, 6.45) is 2.40. The Morgan fingerprint density at radius 2 is 1.93 bits per heavy atom. The highest BCUT2D eigenvalue weighted by Gasteiger charge is 2.12. The number of aryl methyl sites for hydroxylation is 2. The van der Waals surface area contributed by atoms with E-state index in [1.165, 1.54) is 6.33 Å². The van der Waals surface area contributed by atoms with E-state index in [-0.39, 0.29) is 5.91 Å². The lowest BCUT2D eigenvalue weighted by molar-refractivity contribution is 0.0951. The molecule has 4 nitrogen and oxygen atoms in total. The first-order valence-electron chi connectivity index (χ1n) is 4.73. The van der Waals surface area contributed by atoms with Gasteiger partial charge in [0.15, 0.2) is 0 Å². The second-order valence-electron chi connectivity index (χ2n) is 3.18. The lowest BCUT2D eigenvalue weighted by Gasteiger charge is -2.07. The maximum atomic E-state index is 11.7. The summed E-state index contributed by atoms with van der Waals surface area (Å²) in [6.45, 7) is 6.33. The topological polar surface area (TPSA) is 54.9 Å². The van der Waals surface area contributed by atoms with E-state index in [2.05, 4.69) is 15.3 Å². The molecule has 1 aromatic heterocycles. The molecule has 0 aliphatic rings. The summed E-state index contributed by atoms with van der Waals surface area (Å²) < 4.78 is 0. The van der Waals surface area contributed by atoms with Crippen LogP contribution in [0.4, 0.5) is 0 Å². The molecule has 0 aliphatic heterocycles. The van der Waals surface area contributed by atoms with Gasteiger partial charge >= 0.3 is 0 Å². The molecule has 0 aliphatic carbocycles. The zero-order valence-corrected chi connectivity index (χ0v) is 8.79. The number of rotatable bonds is 3. The molecule has 1 rings (SSSR count). The van der Waals surface area contributed by atoms with Gasteiger partial charge in [-0.25, -0.2) is 9.97 Å². The van der Waals surface area contributed by atoms with Crippen LogP contribution in [-0.4, -0.2) is 22.4 Å². The van der Waals surface area contributed by atoms with Crippen LogP contribution in [-0.2, 0) is 0 Å². The maximum absolute atomic E-state index is 11.7. The molecule has 1 aromatic rings. The highest BCUT2D eigenvalue weighted by Crippen LogP contribution is 2.07. The van der Waals surface area contributed by atoms with Gasteiger partial charge in [0.25, 0.3) is 5.91 Å². The Morgan fingerprint density at radius 3 is 2.43 bits per heavy atom. The maximum Gasteiger partial charge on any atom is 0.254 e. The van der Waals surface area contributed by atoms with E-state index in [4.69, 9.17) is 0 Å². The minimum atomic E-state index is -0.0811. The first-order chi connectivity index (χ1) is 6.66. The van der Waals surface area contributed by atoms with E-state index in [9.17, 15) is 4.79 Å². The summed E-state index contributed by atoms with van der Waals surface area (Å²) in [6, 6.07) is 0. The van der Waals surface area contributed by atoms with Gasteiger partial charge in [-0.05, 0) is 20.3 Å². The molecular formula is C10H15N3O. The summed E-state index contributed by atoms with van der Waals surface area (Å²) in [4.78, 5) is 19.6. The molecule has 1 amide bonds. The highest BCUT2D eigenvalue weighted by molar-refractivity contribution is 5.96. The van der Waals surface area contributed by atoms with Crippen molar-refractivity contribution in [1.82, 2.24) is 15.3 Å². The van der Waals surface area contributed by atoms with Crippen LogP contribution in [0.3, 0.4) is 0 Å². The molecule has 0 fully saturated rings. The Labute approximate surface area is 83.8 Å². The molecule has 0 spiro atoms. The second kappa shape index (κ2) is 4.69. The summed E-state index contributed by atoms with van der Waals surface area (Å²) in [7, 11) is 0. The van der Waals surface area contributed by atoms with Crippen LogP contribution < -0.4 is 5.32 Å². The van der Waals surface area contributed by atoms with Crippen LogP contribution >= 0.6 is 0 Å². The van der Waals surface area contributed by atoms with Gasteiger partial charge in [-0.1, -0.05) is 6.92 Å². The van der Waals surface area contributed by atoms with Crippen molar-refractivity contribution in [2.75, 3.05) is 6.54 Å². The second-order valence-corrected chi connectivity index (χ2v) is 3.18. The third-order valence-electron chi connectivity index (χ3n) is 1.99. The Bertz CT molecular complexity index is 316. The number of hydrogen-bond acceptors (Lipinski definition) is 3. The van der Waals surface area contributed by atoms with Crippen LogP contribution in [0.1, 0.15) is 35.1 Å². The van der Waals surface area contributed by atoms with E-state index >= 15 is 0 Å². The quantitative estimate of drug-likeness (QED) is 0.785. The van der Waals surface area contributed by atoms with Crippen molar-refractivity contribution < 1.29 is 4.79 Å². The normalized spacial score (nSPS) is 9.93. The predicted octanol–water partition coefficient (Wildman–Crippen LogP) is 1.23. The molecule has 0 unspecified atom stereocenters. The zero-order valence-electron chi connectivity index (χ0n) is 8.79. The molecule has 1 heterocycles. The largest absolute Gasteiger partial charge is 0.352 e. The molecule has 0 saturated carbocycles. The molecule has 14 heavy (non-hydrogen) atoms. The van der Waals surface area contributed by atoms with Crippen molar-refractivity contribution in [3.05, 3.63) is 23.3 Å². The minimum Gasteiger partial charge on any atom is -0.352 e. The smallest absolute Gasteiger partial charge is 0.254 e. The lowest BCUT2D eigenvalue weighted by atomic mass is 10.1. The first-order valence-corrected chi connectivity index (χ1v) is 4.73. The van der Waals surface area contributed by atoms with Gasteiger partial charge in [-0.3, -0.25) is 4.79 Å². The van der Waals surface area contributed by atoms with Gasteiger partial charge in [0.05, 0.1) is 17.0 Å². The molecule has 0 radical (unpaired) electrons. The van der Waals surface area contributed by atoms with E-state index in [1.807, 2.05) is 20.8 Å². The third kappa shape index (κ3) is 2.28. The number of carbonyl (C=O) groups is 1. The van der Waals surface area contributed by atoms with E-state index < -0.39 is 0 Å². The first kappa shape index (κ1) is 10.6. The molecule has 76 valence electrons. The Balaban J connectivity index is 2.89. The van der Waals surface area contributed by atoms with E-state index in [0.29, 0.717) is 12.1 Å². The Hall–Kier alpha value is -1.45. The lowest BCUT2D eigenvalue weighted by Crippen LogP contribution is -2.26. The van der Waals surface area contributed by atoms with Crippen LogP contribution in [0, 0.1) is 13.8 Å². The van der Waals surface area contributed by atoms with E-state index in [1.54, 1.807) is 0 Å². The summed E-state index contributed by atoms with van der Waals surface area (Å²) >= 11 is 0. The van der Waals surface area contributed by atoms with Crippen molar-refractivity contribution in [3.63, 3.8) is 0 Å². The van der Waals surface area contributed by atoms with Gasteiger partial charge in [-0.2, -0.15) is 0 Å². The van der Waals surface area contributed by atoms with Gasteiger partial charge in [-0.15, -0.1) is 0 Å². The van der Waals surface area contributed by atoms with Gasteiger partial charge in [0, 0.05) is 6.54 Å². The molecule has 0 bridgehead atoms. The number of amides is 1. The Morgan fingerprint density at radius 1 is 1.36 bits per heavy atom. The average Bonchev–Trinajstić information content (AvgIpc) is 2.14. The molecule has 0 aromatic carbocycles. The summed E-state index contributed by atoms with van der Waals surface area (Å²) in [5.41, 5.74) is 2.05. The zero-order chi connectivity index (χ0) is 10.6. The van der Waals surface area contributed by atoms with Crippen molar-refractivity contribution in [1.29, 1.82) is 0 Å². The molecule has 4 heteroatoms.